The van der Waals surface area contributed by atoms with Gasteiger partial charge >= 0.3 is 0 Å². The summed E-state index contributed by atoms with van der Waals surface area (Å²) in [5, 5.41) is 0.253. The number of halogens is 2. The zero-order valence-electron chi connectivity index (χ0n) is 13.8. The average Bonchev–Trinajstić information content (AvgIpc) is 2.57. The van der Waals surface area contributed by atoms with Crippen LogP contribution in [0, 0.1) is 5.82 Å². The van der Waals surface area contributed by atoms with E-state index in [1.807, 2.05) is 6.07 Å². The second kappa shape index (κ2) is 8.02. The van der Waals surface area contributed by atoms with Crippen molar-refractivity contribution in [1.82, 2.24) is 4.90 Å². The van der Waals surface area contributed by atoms with Crippen molar-refractivity contribution in [3.63, 3.8) is 0 Å². The van der Waals surface area contributed by atoms with Gasteiger partial charge in [0.25, 0.3) is 0 Å². The molecule has 4 nitrogen and oxygen atoms in total. The van der Waals surface area contributed by atoms with E-state index >= 15 is 0 Å². The van der Waals surface area contributed by atoms with E-state index in [0.29, 0.717) is 18.0 Å². The third kappa shape index (κ3) is 4.17. The molecule has 0 aliphatic heterocycles. The van der Waals surface area contributed by atoms with Gasteiger partial charge in [-0.25, -0.2) is 4.39 Å². The van der Waals surface area contributed by atoms with Crippen molar-refractivity contribution in [3.8, 4) is 11.5 Å². The van der Waals surface area contributed by atoms with Gasteiger partial charge < -0.3 is 14.4 Å². The minimum atomic E-state index is -0.477. The Morgan fingerprint density at radius 1 is 1.17 bits per heavy atom. The molecule has 0 aliphatic carbocycles. The highest BCUT2D eigenvalue weighted by molar-refractivity contribution is 6.31. The minimum absolute atomic E-state index is 0.0880. The van der Waals surface area contributed by atoms with Crippen LogP contribution in [0.25, 0.3) is 0 Å². The van der Waals surface area contributed by atoms with Crippen LogP contribution in [0.5, 0.6) is 11.5 Å². The van der Waals surface area contributed by atoms with Gasteiger partial charge in [0.15, 0.2) is 11.5 Å². The van der Waals surface area contributed by atoms with E-state index in [0.717, 1.165) is 5.56 Å². The van der Waals surface area contributed by atoms with Crippen LogP contribution in [0.15, 0.2) is 36.4 Å². The van der Waals surface area contributed by atoms with Crippen molar-refractivity contribution in [1.29, 1.82) is 0 Å². The molecule has 0 saturated heterocycles. The standard InChI is InChI=1S/C18H19ClFNO3/c1-21(11-12-7-8-16(23-2)17(9-12)24-3)18(22)10-13-14(19)5-4-6-15(13)20/h4-9H,10-11H2,1-3H3. The molecule has 24 heavy (non-hydrogen) atoms. The van der Waals surface area contributed by atoms with Crippen LogP contribution in [-0.4, -0.2) is 32.1 Å². The molecule has 0 unspecified atom stereocenters. The summed E-state index contributed by atoms with van der Waals surface area (Å²) in [5.74, 6) is 0.508. The fourth-order valence-electron chi connectivity index (χ4n) is 2.33. The van der Waals surface area contributed by atoms with E-state index in [-0.39, 0.29) is 22.9 Å². The van der Waals surface area contributed by atoms with Crippen LogP contribution in [0.1, 0.15) is 11.1 Å². The Hall–Kier alpha value is -2.27. The average molecular weight is 352 g/mol. The van der Waals surface area contributed by atoms with Crippen LogP contribution in [0.4, 0.5) is 4.39 Å². The maximum atomic E-state index is 13.8. The van der Waals surface area contributed by atoms with E-state index in [1.54, 1.807) is 39.5 Å². The molecule has 0 spiro atoms. The van der Waals surface area contributed by atoms with E-state index in [1.165, 1.54) is 17.0 Å². The van der Waals surface area contributed by atoms with Crippen LogP contribution in [-0.2, 0) is 17.8 Å². The van der Waals surface area contributed by atoms with Crippen molar-refractivity contribution in [2.24, 2.45) is 0 Å². The zero-order chi connectivity index (χ0) is 17.7. The summed E-state index contributed by atoms with van der Waals surface area (Å²) in [6.07, 6.45) is -0.0880. The number of carbonyl (C=O) groups is 1. The predicted molar refractivity (Wildman–Crippen MR) is 91.1 cm³/mol. The Balaban J connectivity index is 2.09. The van der Waals surface area contributed by atoms with Gasteiger partial charge in [-0.3, -0.25) is 4.79 Å². The number of hydrogen-bond acceptors (Lipinski definition) is 3. The Morgan fingerprint density at radius 2 is 1.88 bits per heavy atom. The number of hydrogen-bond donors (Lipinski definition) is 0. The minimum Gasteiger partial charge on any atom is -0.493 e. The maximum absolute atomic E-state index is 13.8. The lowest BCUT2D eigenvalue weighted by Gasteiger charge is -2.19. The molecule has 1 amide bonds. The molecule has 0 N–H and O–H groups in total. The maximum Gasteiger partial charge on any atom is 0.227 e. The number of methoxy groups -OCH3 is 2. The third-order valence-electron chi connectivity index (χ3n) is 3.68. The van der Waals surface area contributed by atoms with Crippen LogP contribution < -0.4 is 9.47 Å². The Kier molecular flexibility index (Phi) is 6.04. The van der Waals surface area contributed by atoms with Gasteiger partial charge in [-0.2, -0.15) is 0 Å². The lowest BCUT2D eigenvalue weighted by Crippen LogP contribution is -2.28. The predicted octanol–water partition coefficient (Wildman–Crippen LogP) is 3.70. The zero-order valence-corrected chi connectivity index (χ0v) is 14.6. The number of benzene rings is 2. The first-order chi connectivity index (χ1) is 11.5. The van der Waals surface area contributed by atoms with E-state index in [9.17, 15) is 9.18 Å². The number of likely N-dealkylation sites (N-methyl/N-ethyl adjacent to an activating group) is 1. The van der Waals surface area contributed by atoms with Crippen molar-refractivity contribution in [2.45, 2.75) is 13.0 Å². The van der Waals surface area contributed by atoms with Crippen molar-refractivity contribution in [3.05, 3.63) is 58.4 Å². The summed E-state index contributed by atoms with van der Waals surface area (Å²) in [6, 6.07) is 9.81. The first-order valence-electron chi connectivity index (χ1n) is 7.34. The van der Waals surface area contributed by atoms with Gasteiger partial charge in [0.2, 0.25) is 5.91 Å². The van der Waals surface area contributed by atoms with Gasteiger partial charge in [-0.1, -0.05) is 23.7 Å². The molecule has 0 heterocycles. The Labute approximate surface area is 145 Å². The van der Waals surface area contributed by atoms with E-state index < -0.39 is 5.82 Å². The summed E-state index contributed by atoms with van der Waals surface area (Å²) < 4.78 is 24.2. The molecule has 2 rings (SSSR count). The monoisotopic (exact) mass is 351 g/mol. The first-order valence-corrected chi connectivity index (χ1v) is 7.71. The van der Waals surface area contributed by atoms with Gasteiger partial charge in [-0.15, -0.1) is 0 Å². The molecule has 0 bridgehead atoms. The number of carbonyl (C=O) groups excluding carboxylic acids is 1. The largest absolute Gasteiger partial charge is 0.493 e. The van der Waals surface area contributed by atoms with Crippen molar-refractivity contribution in [2.75, 3.05) is 21.3 Å². The summed E-state index contributed by atoms with van der Waals surface area (Å²) in [5.41, 5.74) is 1.09. The lowest BCUT2D eigenvalue weighted by atomic mass is 10.1. The van der Waals surface area contributed by atoms with Crippen molar-refractivity contribution >= 4 is 17.5 Å². The molecule has 2 aromatic rings. The van der Waals surface area contributed by atoms with Gasteiger partial charge in [0.05, 0.1) is 20.6 Å². The molecule has 0 atom stereocenters. The van der Waals surface area contributed by atoms with Crippen molar-refractivity contribution < 1.29 is 18.7 Å². The molecule has 0 fully saturated rings. The van der Waals surface area contributed by atoms with Gasteiger partial charge in [0.1, 0.15) is 5.82 Å². The highest BCUT2D eigenvalue weighted by Gasteiger charge is 2.16. The number of ether oxygens (including phenoxy) is 2. The Bertz CT molecular complexity index is 716. The fourth-order valence-corrected chi connectivity index (χ4v) is 2.56. The summed E-state index contributed by atoms with van der Waals surface area (Å²) in [6.45, 7) is 0.366. The molecule has 0 saturated carbocycles. The molecule has 0 aromatic heterocycles. The molecule has 0 radical (unpaired) electrons. The second-order valence-electron chi connectivity index (χ2n) is 5.32. The summed E-state index contributed by atoms with van der Waals surface area (Å²) in [7, 11) is 4.77. The number of rotatable bonds is 6. The molecular formula is C18H19ClFNO3. The highest BCUT2D eigenvalue weighted by atomic mass is 35.5. The quantitative estimate of drug-likeness (QED) is 0.796. The number of amides is 1. The summed E-state index contributed by atoms with van der Waals surface area (Å²) >= 11 is 5.97. The smallest absolute Gasteiger partial charge is 0.227 e. The highest BCUT2D eigenvalue weighted by Crippen LogP contribution is 2.28. The first kappa shape index (κ1) is 18.1. The third-order valence-corrected chi connectivity index (χ3v) is 4.04. The topological polar surface area (TPSA) is 38.8 Å². The van der Waals surface area contributed by atoms with Gasteiger partial charge in [0, 0.05) is 24.2 Å². The Morgan fingerprint density at radius 3 is 2.50 bits per heavy atom. The number of nitrogens with zero attached hydrogens (tertiary/aromatic N) is 1. The normalized spacial score (nSPS) is 10.4. The molecule has 6 heteroatoms. The lowest BCUT2D eigenvalue weighted by molar-refractivity contribution is -0.129. The van der Waals surface area contributed by atoms with Crippen LogP contribution in [0.3, 0.4) is 0 Å². The molecule has 2 aromatic carbocycles. The van der Waals surface area contributed by atoms with E-state index in [2.05, 4.69) is 0 Å². The van der Waals surface area contributed by atoms with Crippen LogP contribution in [0.2, 0.25) is 5.02 Å². The fraction of sp³-hybridized carbons (Fsp3) is 0.278. The van der Waals surface area contributed by atoms with Gasteiger partial charge in [-0.05, 0) is 29.8 Å². The molecule has 128 valence electrons. The summed E-state index contributed by atoms with van der Waals surface area (Å²) in [4.78, 5) is 13.9. The SMILES string of the molecule is COc1ccc(CN(C)C(=O)Cc2c(F)cccc2Cl)cc1OC. The van der Waals surface area contributed by atoms with E-state index in [4.69, 9.17) is 21.1 Å². The second-order valence-corrected chi connectivity index (χ2v) is 5.72. The molecular weight excluding hydrogens is 333 g/mol. The van der Waals surface area contributed by atoms with Crippen LogP contribution >= 0.6 is 11.6 Å². The molecule has 0 aliphatic rings.